The molecule has 26 heavy (non-hydrogen) atoms. The monoisotopic (exact) mass is 359 g/mol. The summed E-state index contributed by atoms with van der Waals surface area (Å²) >= 11 is 0. The molecule has 0 fully saturated rings. The molecule has 0 aliphatic carbocycles. The molecule has 7 heteroatoms. The Morgan fingerprint density at radius 2 is 1.92 bits per heavy atom. The molecule has 0 saturated carbocycles. The van der Waals surface area contributed by atoms with E-state index in [-0.39, 0.29) is 17.2 Å². The number of cyclic esters (lactones) is 1. The molecule has 1 heterocycles. The minimum atomic E-state index is -1.05. The molecule has 0 unspecified atom stereocenters. The molecule has 1 aliphatic heterocycles. The van der Waals surface area contributed by atoms with Gasteiger partial charge in [-0.3, -0.25) is 0 Å². The van der Waals surface area contributed by atoms with Crippen LogP contribution in [-0.4, -0.2) is 25.6 Å². The molecule has 0 spiro atoms. The van der Waals surface area contributed by atoms with Gasteiger partial charge in [-0.1, -0.05) is 6.07 Å². The van der Waals surface area contributed by atoms with Gasteiger partial charge < -0.3 is 14.2 Å². The van der Waals surface area contributed by atoms with Crippen LogP contribution < -0.4 is 9.47 Å². The summed E-state index contributed by atoms with van der Waals surface area (Å²) < 4.78 is 42.1. The van der Waals surface area contributed by atoms with E-state index < -0.39 is 17.6 Å². The molecule has 0 N–H and O–H groups in total. The van der Waals surface area contributed by atoms with Gasteiger partial charge in [0, 0.05) is 5.56 Å². The first kappa shape index (κ1) is 17.6. The maximum absolute atomic E-state index is 13.4. The third kappa shape index (κ3) is 3.56. The molecule has 0 bridgehead atoms. The summed E-state index contributed by atoms with van der Waals surface area (Å²) in [5.74, 6) is -1.71. The summed E-state index contributed by atoms with van der Waals surface area (Å²) in [5, 5.41) is 0. The summed E-state index contributed by atoms with van der Waals surface area (Å²) in [6, 6.07) is 8.29. The predicted molar refractivity (Wildman–Crippen MR) is 91.1 cm³/mol. The lowest BCUT2D eigenvalue weighted by Crippen LogP contribution is -2.06. The average Bonchev–Trinajstić information content (AvgIpc) is 2.98. The number of hydrogen-bond acceptors (Lipinski definition) is 5. The van der Waals surface area contributed by atoms with Crippen LogP contribution in [0.25, 0.3) is 6.08 Å². The van der Waals surface area contributed by atoms with Crippen molar-refractivity contribution >= 4 is 17.9 Å². The second-order valence-corrected chi connectivity index (χ2v) is 5.31. The Hall–Kier alpha value is -3.22. The topological polar surface area (TPSA) is 57.1 Å². The van der Waals surface area contributed by atoms with Crippen LogP contribution in [0.2, 0.25) is 0 Å². The van der Waals surface area contributed by atoms with Gasteiger partial charge in [-0.2, -0.15) is 0 Å². The van der Waals surface area contributed by atoms with E-state index in [2.05, 4.69) is 4.99 Å². The van der Waals surface area contributed by atoms with Gasteiger partial charge in [0.1, 0.15) is 0 Å². The second kappa shape index (κ2) is 7.35. The SMILES string of the molecule is CCOc1cc(C=C2N=C(c3ccc(F)c(F)c3)OC2=O)ccc1OC. The molecule has 0 atom stereocenters. The van der Waals surface area contributed by atoms with Crippen molar-refractivity contribution in [1.82, 2.24) is 0 Å². The van der Waals surface area contributed by atoms with Gasteiger partial charge in [0.05, 0.1) is 13.7 Å². The quantitative estimate of drug-likeness (QED) is 0.603. The van der Waals surface area contributed by atoms with Crippen molar-refractivity contribution in [3.05, 3.63) is 64.9 Å². The fourth-order valence-corrected chi connectivity index (χ4v) is 2.37. The zero-order valence-electron chi connectivity index (χ0n) is 14.1. The minimum absolute atomic E-state index is 0.0392. The first-order chi connectivity index (χ1) is 12.5. The lowest BCUT2D eigenvalue weighted by Gasteiger charge is -2.09. The van der Waals surface area contributed by atoms with Gasteiger partial charge >= 0.3 is 5.97 Å². The molecule has 2 aromatic rings. The van der Waals surface area contributed by atoms with Gasteiger partial charge in [-0.15, -0.1) is 0 Å². The molecule has 0 saturated heterocycles. The molecular formula is C19H15F2NO4. The van der Waals surface area contributed by atoms with Gasteiger partial charge in [0.25, 0.3) is 0 Å². The van der Waals surface area contributed by atoms with Crippen molar-refractivity contribution in [1.29, 1.82) is 0 Å². The summed E-state index contributed by atoms with van der Waals surface area (Å²) in [6.07, 6.45) is 1.51. The van der Waals surface area contributed by atoms with Gasteiger partial charge in [-0.25, -0.2) is 18.6 Å². The molecular weight excluding hydrogens is 344 g/mol. The first-order valence-corrected chi connectivity index (χ1v) is 7.80. The number of nitrogens with zero attached hydrogens (tertiary/aromatic N) is 1. The first-order valence-electron chi connectivity index (χ1n) is 7.80. The number of carbonyl (C=O) groups excluding carboxylic acids is 1. The molecule has 0 amide bonds. The van der Waals surface area contributed by atoms with E-state index in [0.717, 1.165) is 12.1 Å². The number of aliphatic imine (C=N–C) groups is 1. The Labute approximate surface area is 148 Å². The molecule has 0 radical (unpaired) electrons. The lowest BCUT2D eigenvalue weighted by molar-refractivity contribution is -0.129. The van der Waals surface area contributed by atoms with Crippen LogP contribution >= 0.6 is 0 Å². The molecule has 3 rings (SSSR count). The van der Waals surface area contributed by atoms with E-state index in [4.69, 9.17) is 14.2 Å². The zero-order valence-corrected chi connectivity index (χ0v) is 14.1. The van der Waals surface area contributed by atoms with E-state index in [9.17, 15) is 13.6 Å². The zero-order chi connectivity index (χ0) is 18.7. The number of esters is 1. The molecule has 1 aliphatic rings. The van der Waals surface area contributed by atoms with Crippen LogP contribution in [0.15, 0.2) is 47.1 Å². The number of hydrogen-bond donors (Lipinski definition) is 0. The Kier molecular flexibility index (Phi) is 4.97. The number of benzene rings is 2. The second-order valence-electron chi connectivity index (χ2n) is 5.31. The molecule has 0 aromatic heterocycles. The lowest BCUT2D eigenvalue weighted by atomic mass is 10.1. The fourth-order valence-electron chi connectivity index (χ4n) is 2.37. The van der Waals surface area contributed by atoms with Crippen molar-refractivity contribution in [2.45, 2.75) is 6.92 Å². The standard InChI is InChI=1S/C19H15F2NO4/c1-3-25-17-9-11(4-7-16(17)24-2)8-15-19(23)26-18(22-15)12-5-6-13(20)14(21)10-12/h4-10H,3H2,1-2H3. The number of methoxy groups -OCH3 is 1. The smallest absolute Gasteiger partial charge is 0.363 e. The number of rotatable bonds is 5. The van der Waals surface area contributed by atoms with Crippen LogP contribution in [0, 0.1) is 11.6 Å². The van der Waals surface area contributed by atoms with Gasteiger partial charge in [0.15, 0.2) is 28.8 Å². The van der Waals surface area contributed by atoms with Crippen molar-refractivity contribution in [2.75, 3.05) is 13.7 Å². The van der Waals surface area contributed by atoms with Crippen molar-refractivity contribution in [3.63, 3.8) is 0 Å². The van der Waals surface area contributed by atoms with Crippen LogP contribution in [0.3, 0.4) is 0 Å². The summed E-state index contributed by atoms with van der Waals surface area (Å²) in [7, 11) is 1.53. The van der Waals surface area contributed by atoms with Gasteiger partial charge in [0.2, 0.25) is 5.90 Å². The Bertz CT molecular complexity index is 922. The Morgan fingerprint density at radius 1 is 1.12 bits per heavy atom. The molecule has 2 aromatic carbocycles. The summed E-state index contributed by atoms with van der Waals surface area (Å²) in [4.78, 5) is 16.1. The normalized spacial score (nSPS) is 15.0. The largest absolute Gasteiger partial charge is 0.493 e. The Balaban J connectivity index is 1.93. The number of ether oxygens (including phenoxy) is 3. The van der Waals surface area contributed by atoms with E-state index >= 15 is 0 Å². The van der Waals surface area contributed by atoms with E-state index in [1.807, 2.05) is 6.92 Å². The van der Waals surface area contributed by atoms with Crippen molar-refractivity contribution < 1.29 is 27.8 Å². The van der Waals surface area contributed by atoms with E-state index in [0.29, 0.717) is 23.7 Å². The van der Waals surface area contributed by atoms with E-state index in [1.54, 1.807) is 18.2 Å². The highest BCUT2D eigenvalue weighted by molar-refractivity contribution is 6.12. The number of halogens is 2. The van der Waals surface area contributed by atoms with E-state index in [1.165, 1.54) is 19.3 Å². The number of carbonyl (C=O) groups is 1. The third-order valence-electron chi connectivity index (χ3n) is 3.58. The van der Waals surface area contributed by atoms with Crippen molar-refractivity contribution in [2.24, 2.45) is 4.99 Å². The van der Waals surface area contributed by atoms with Crippen LogP contribution in [0.1, 0.15) is 18.1 Å². The Morgan fingerprint density at radius 3 is 2.62 bits per heavy atom. The maximum atomic E-state index is 13.4. The highest BCUT2D eigenvalue weighted by Gasteiger charge is 2.25. The predicted octanol–water partition coefficient (Wildman–Crippen LogP) is 3.72. The van der Waals surface area contributed by atoms with Crippen LogP contribution in [0.5, 0.6) is 11.5 Å². The maximum Gasteiger partial charge on any atom is 0.363 e. The molecule has 134 valence electrons. The van der Waals surface area contributed by atoms with Crippen LogP contribution in [-0.2, 0) is 9.53 Å². The summed E-state index contributed by atoms with van der Waals surface area (Å²) in [6.45, 7) is 2.30. The minimum Gasteiger partial charge on any atom is -0.493 e. The van der Waals surface area contributed by atoms with Crippen LogP contribution in [0.4, 0.5) is 8.78 Å². The molecule has 5 nitrogen and oxygen atoms in total. The van der Waals surface area contributed by atoms with Gasteiger partial charge in [-0.05, 0) is 48.9 Å². The van der Waals surface area contributed by atoms with Crippen molar-refractivity contribution in [3.8, 4) is 11.5 Å². The average molecular weight is 359 g/mol. The third-order valence-corrected chi connectivity index (χ3v) is 3.58. The summed E-state index contributed by atoms with van der Waals surface area (Å²) in [5.41, 5.74) is 0.860. The highest BCUT2D eigenvalue weighted by atomic mass is 19.2. The highest BCUT2D eigenvalue weighted by Crippen LogP contribution is 2.29. The fraction of sp³-hybridized carbons (Fsp3) is 0.158.